The van der Waals surface area contributed by atoms with Crippen LogP contribution in [-0.4, -0.2) is 29.0 Å². The third-order valence-corrected chi connectivity index (χ3v) is 4.91. The molecule has 20 heavy (non-hydrogen) atoms. The Morgan fingerprint density at radius 3 is 2.95 bits per heavy atom. The quantitative estimate of drug-likeness (QED) is 0.827. The smallest absolute Gasteiger partial charge is 0.277 e. The van der Waals surface area contributed by atoms with Crippen LogP contribution in [-0.2, 0) is 10.5 Å². The van der Waals surface area contributed by atoms with Crippen LogP contribution in [0.3, 0.4) is 0 Å². The highest BCUT2D eigenvalue weighted by molar-refractivity contribution is 9.10. The number of hydrogen-bond acceptors (Lipinski definition) is 3. The van der Waals surface area contributed by atoms with E-state index in [0.717, 1.165) is 36.0 Å². The second-order valence-corrected chi connectivity index (χ2v) is 6.84. The first-order valence-electron chi connectivity index (χ1n) is 7.02. The third kappa shape index (κ3) is 2.00. The van der Waals surface area contributed by atoms with Crippen LogP contribution in [0.5, 0.6) is 0 Å². The van der Waals surface area contributed by atoms with Gasteiger partial charge >= 0.3 is 0 Å². The number of hydrogen-bond donors (Lipinski definition) is 2. The van der Waals surface area contributed by atoms with Crippen molar-refractivity contribution in [3.63, 3.8) is 0 Å². The summed E-state index contributed by atoms with van der Waals surface area (Å²) < 4.78 is 0.821. The number of nitrogens with zero attached hydrogens (tertiary/aromatic N) is 1. The van der Waals surface area contributed by atoms with Gasteiger partial charge in [0, 0.05) is 23.1 Å². The average molecular weight is 339 g/mol. The minimum Gasteiger partial charge on any atom is -0.364 e. The molecular weight excluding hydrogens is 320 g/mol. The van der Waals surface area contributed by atoms with Gasteiger partial charge in [0.1, 0.15) is 0 Å². The third-order valence-electron chi connectivity index (χ3n) is 4.28. The van der Waals surface area contributed by atoms with E-state index in [4.69, 9.17) is 0 Å². The maximum absolute atomic E-state index is 12.4. The Bertz CT molecular complexity index is 575. The van der Waals surface area contributed by atoms with E-state index in [2.05, 4.69) is 28.2 Å². The Morgan fingerprint density at radius 1 is 1.50 bits per heavy atom. The molecule has 0 saturated carbocycles. The fourth-order valence-electron chi connectivity index (χ4n) is 3.26. The van der Waals surface area contributed by atoms with Crippen LogP contribution in [0.2, 0.25) is 0 Å². The number of likely N-dealkylation sites (tertiary alicyclic amines) is 1. The lowest BCUT2D eigenvalue weighted by atomic mass is 9.94. The van der Waals surface area contributed by atoms with Crippen LogP contribution in [0.4, 0.5) is 5.69 Å². The number of carbonyl (C=O) groups is 1. The summed E-state index contributed by atoms with van der Waals surface area (Å²) in [6.45, 7) is 5.62. The minimum absolute atomic E-state index is 0.340. The number of rotatable bonds is 1. The van der Waals surface area contributed by atoms with Crippen molar-refractivity contribution in [3.8, 4) is 0 Å². The van der Waals surface area contributed by atoms with E-state index < -0.39 is 5.72 Å². The average Bonchev–Trinajstić information content (AvgIpc) is 2.64. The lowest BCUT2D eigenvalue weighted by molar-refractivity contribution is -0.163. The number of nitrogens with one attached hydrogen (secondary N) is 1. The summed E-state index contributed by atoms with van der Waals surface area (Å²) in [6, 6.07) is 3.85. The number of piperidine rings is 1. The Kier molecular flexibility index (Phi) is 3.39. The van der Waals surface area contributed by atoms with Crippen molar-refractivity contribution in [1.29, 1.82) is 0 Å². The summed E-state index contributed by atoms with van der Waals surface area (Å²) in [5, 5.41) is 13.9. The minimum atomic E-state index is -1.53. The summed E-state index contributed by atoms with van der Waals surface area (Å²) in [5.74, 6) is 0.158. The van der Waals surface area contributed by atoms with Crippen molar-refractivity contribution in [2.24, 2.45) is 5.92 Å². The van der Waals surface area contributed by atoms with Gasteiger partial charge in [0.25, 0.3) is 5.91 Å². The van der Waals surface area contributed by atoms with E-state index in [1.54, 1.807) is 0 Å². The van der Waals surface area contributed by atoms with Gasteiger partial charge < -0.3 is 10.4 Å². The molecule has 2 N–H and O–H groups in total. The van der Waals surface area contributed by atoms with E-state index in [0.29, 0.717) is 17.2 Å². The number of carbonyl (C=O) groups excluding carboxylic acids is 1. The van der Waals surface area contributed by atoms with E-state index in [1.165, 1.54) is 0 Å². The number of anilines is 1. The van der Waals surface area contributed by atoms with Gasteiger partial charge in [0.05, 0.1) is 5.69 Å². The van der Waals surface area contributed by atoms with Crippen molar-refractivity contribution in [2.75, 3.05) is 18.4 Å². The number of aliphatic hydroxyl groups is 1. The van der Waals surface area contributed by atoms with E-state index in [-0.39, 0.29) is 5.91 Å². The highest BCUT2D eigenvalue weighted by Gasteiger charge is 2.51. The fourth-order valence-corrected chi connectivity index (χ4v) is 3.94. The second-order valence-electron chi connectivity index (χ2n) is 5.99. The Morgan fingerprint density at radius 2 is 2.25 bits per heavy atom. The maximum atomic E-state index is 12.4. The summed E-state index contributed by atoms with van der Waals surface area (Å²) in [5.41, 5.74) is 0.860. The molecule has 0 aliphatic carbocycles. The summed E-state index contributed by atoms with van der Waals surface area (Å²) in [4.78, 5) is 14.3. The summed E-state index contributed by atoms with van der Waals surface area (Å²) in [6.07, 6.45) is 2.16. The normalized spacial score (nSPS) is 30.2. The largest absolute Gasteiger partial charge is 0.364 e. The molecule has 2 atom stereocenters. The lowest BCUT2D eigenvalue weighted by Gasteiger charge is -2.40. The van der Waals surface area contributed by atoms with Crippen LogP contribution in [0.1, 0.15) is 30.9 Å². The molecule has 0 spiro atoms. The van der Waals surface area contributed by atoms with E-state index in [1.807, 2.05) is 24.0 Å². The Balaban J connectivity index is 2.08. The van der Waals surface area contributed by atoms with Gasteiger partial charge in [0.15, 0.2) is 0 Å². The van der Waals surface area contributed by atoms with Crippen molar-refractivity contribution in [3.05, 3.63) is 27.7 Å². The van der Waals surface area contributed by atoms with Crippen molar-refractivity contribution >= 4 is 27.5 Å². The zero-order valence-electron chi connectivity index (χ0n) is 11.7. The molecule has 1 amide bonds. The predicted molar refractivity (Wildman–Crippen MR) is 81.4 cm³/mol. The van der Waals surface area contributed by atoms with Crippen LogP contribution in [0.25, 0.3) is 0 Å². The lowest BCUT2D eigenvalue weighted by Crippen LogP contribution is -2.54. The van der Waals surface area contributed by atoms with Crippen LogP contribution < -0.4 is 5.32 Å². The first-order valence-corrected chi connectivity index (χ1v) is 7.81. The molecule has 0 radical (unpaired) electrons. The number of benzene rings is 1. The van der Waals surface area contributed by atoms with E-state index >= 15 is 0 Å². The Labute approximate surface area is 127 Å². The molecule has 2 aliphatic heterocycles. The molecule has 1 aromatic rings. The molecule has 1 fully saturated rings. The summed E-state index contributed by atoms with van der Waals surface area (Å²) in [7, 11) is 0. The monoisotopic (exact) mass is 338 g/mol. The molecule has 0 unspecified atom stereocenters. The standard InChI is InChI=1S/C15H19BrN2O2/c1-9-4-3-5-18(8-9)15(20)11-6-10(2)7-12(16)13(11)17-14(15)19/h6-7,9,20H,3-5,8H2,1-2H3,(H,17,19)/t9-,15+/m1/s1. The fraction of sp³-hybridized carbons (Fsp3) is 0.533. The molecule has 3 rings (SSSR count). The molecule has 4 nitrogen and oxygen atoms in total. The SMILES string of the molecule is Cc1cc(Br)c2c(c1)[C@@](O)(N1CCC[C@@H](C)C1)C(=O)N2. The zero-order valence-corrected chi connectivity index (χ0v) is 13.3. The molecule has 1 saturated heterocycles. The first kappa shape index (κ1) is 14.0. The highest BCUT2D eigenvalue weighted by atomic mass is 79.9. The van der Waals surface area contributed by atoms with Gasteiger partial charge in [-0.1, -0.05) is 6.92 Å². The zero-order chi connectivity index (χ0) is 14.5. The second kappa shape index (κ2) is 4.83. The van der Waals surface area contributed by atoms with Gasteiger partial charge in [-0.2, -0.15) is 0 Å². The molecule has 108 valence electrons. The number of fused-ring (bicyclic) bond motifs is 1. The van der Waals surface area contributed by atoms with Gasteiger partial charge in [0.2, 0.25) is 5.72 Å². The van der Waals surface area contributed by atoms with Gasteiger partial charge in [-0.15, -0.1) is 0 Å². The molecule has 2 heterocycles. The van der Waals surface area contributed by atoms with Crippen LogP contribution >= 0.6 is 15.9 Å². The molecule has 0 aromatic heterocycles. The van der Waals surface area contributed by atoms with Crippen molar-refractivity contribution in [2.45, 2.75) is 32.4 Å². The maximum Gasteiger partial charge on any atom is 0.277 e. The Hall–Kier alpha value is -0.910. The molecular formula is C15H19BrN2O2. The van der Waals surface area contributed by atoms with Gasteiger partial charge in [-0.05, 0) is 59.3 Å². The first-order chi connectivity index (χ1) is 9.42. The predicted octanol–water partition coefficient (Wildman–Crippen LogP) is 2.59. The highest BCUT2D eigenvalue weighted by Crippen LogP contribution is 2.44. The topological polar surface area (TPSA) is 52.6 Å². The van der Waals surface area contributed by atoms with Crippen LogP contribution in [0, 0.1) is 12.8 Å². The number of halogens is 1. The number of amides is 1. The molecule has 2 aliphatic rings. The molecule has 0 bridgehead atoms. The molecule has 5 heteroatoms. The molecule has 1 aromatic carbocycles. The van der Waals surface area contributed by atoms with Gasteiger partial charge in [-0.3, -0.25) is 9.69 Å². The van der Waals surface area contributed by atoms with E-state index in [9.17, 15) is 9.90 Å². The summed E-state index contributed by atoms with van der Waals surface area (Å²) >= 11 is 3.47. The van der Waals surface area contributed by atoms with Gasteiger partial charge in [-0.25, -0.2) is 0 Å². The van der Waals surface area contributed by atoms with Crippen molar-refractivity contribution < 1.29 is 9.90 Å². The number of aryl methyl sites for hydroxylation is 1. The van der Waals surface area contributed by atoms with Crippen molar-refractivity contribution in [1.82, 2.24) is 4.90 Å². The van der Waals surface area contributed by atoms with Crippen LogP contribution in [0.15, 0.2) is 16.6 Å².